The van der Waals surface area contributed by atoms with E-state index in [4.69, 9.17) is 0 Å². The molecule has 0 saturated heterocycles. The van der Waals surface area contributed by atoms with Crippen LogP contribution in [0.1, 0.15) is 28.3 Å². The number of aromatic nitrogens is 5. The Morgan fingerprint density at radius 3 is 2.38 bits per heavy atom. The van der Waals surface area contributed by atoms with Gasteiger partial charge in [-0.15, -0.1) is 0 Å². The van der Waals surface area contributed by atoms with Crippen molar-refractivity contribution in [2.75, 3.05) is 6.54 Å². The van der Waals surface area contributed by atoms with E-state index in [1.807, 2.05) is 0 Å². The van der Waals surface area contributed by atoms with Crippen LogP contribution in [0.15, 0.2) is 84.0 Å². The molecule has 0 aliphatic heterocycles. The molecule has 2 aromatic carbocycles. The molecule has 0 saturated carbocycles. The first-order valence-corrected chi connectivity index (χ1v) is 12.9. The molecule has 0 atom stereocenters. The highest BCUT2D eigenvalue weighted by molar-refractivity contribution is 5.79. The molecule has 9 nitrogen and oxygen atoms in total. The summed E-state index contributed by atoms with van der Waals surface area (Å²) in [4.78, 5) is 41.8. The number of amides is 1. The molecule has 5 aromatic rings. The van der Waals surface area contributed by atoms with Gasteiger partial charge in [0.25, 0.3) is 5.56 Å². The number of fused-ring (bicyclic) bond motifs is 1. The molecule has 5 rings (SSSR count). The predicted molar refractivity (Wildman–Crippen MR) is 147 cm³/mol. The number of carbonyl (C=O) groups is 1. The van der Waals surface area contributed by atoms with E-state index in [1.165, 1.54) is 27.8 Å². The summed E-state index contributed by atoms with van der Waals surface area (Å²) >= 11 is 0. The van der Waals surface area contributed by atoms with Crippen LogP contribution in [0.3, 0.4) is 0 Å². The van der Waals surface area contributed by atoms with Gasteiger partial charge in [0, 0.05) is 38.6 Å². The summed E-state index contributed by atoms with van der Waals surface area (Å²) < 4.78 is 42.2. The lowest BCUT2D eigenvalue weighted by molar-refractivity contribution is -0.137. The van der Waals surface area contributed by atoms with Crippen LogP contribution in [-0.4, -0.2) is 41.4 Å². The van der Waals surface area contributed by atoms with Crippen LogP contribution in [0.4, 0.5) is 13.2 Å². The number of halogens is 3. The molecule has 0 aliphatic carbocycles. The second kappa shape index (κ2) is 11.7. The van der Waals surface area contributed by atoms with E-state index >= 15 is 0 Å². The number of nitriles is 1. The number of hydrogen-bond acceptors (Lipinski definition) is 6. The van der Waals surface area contributed by atoms with Crippen molar-refractivity contribution in [1.82, 2.24) is 29.0 Å². The predicted octanol–water partition coefficient (Wildman–Crippen LogP) is 4.22. The van der Waals surface area contributed by atoms with Crippen molar-refractivity contribution in [2.24, 2.45) is 7.05 Å². The zero-order valence-corrected chi connectivity index (χ0v) is 22.4. The Morgan fingerprint density at radius 1 is 1.00 bits per heavy atom. The summed E-state index contributed by atoms with van der Waals surface area (Å²) in [5.74, 6) is 0.625. The highest BCUT2D eigenvalue weighted by Gasteiger charge is 2.30. The molecule has 0 unspecified atom stereocenters. The Labute approximate surface area is 238 Å². The van der Waals surface area contributed by atoms with Crippen molar-refractivity contribution < 1.29 is 18.0 Å². The largest absolute Gasteiger partial charge is 0.416 e. The van der Waals surface area contributed by atoms with E-state index in [-0.39, 0.29) is 43.0 Å². The molecule has 0 fully saturated rings. The standard InChI is InChI=1S/C30H24F3N7O2/c1-38-16-14-35-26(38)19-39(27(41)17-20-4-8-22(9-5-20)30(31,32)33)15-12-25-37-28-24(3-2-13-36-28)29(42)40(25)23-10-6-21(18-34)7-11-23/h2-11,13-14,16H,12,15,17,19H2,1H3. The van der Waals surface area contributed by atoms with Gasteiger partial charge < -0.3 is 9.47 Å². The van der Waals surface area contributed by atoms with Gasteiger partial charge in [-0.1, -0.05) is 12.1 Å². The van der Waals surface area contributed by atoms with Gasteiger partial charge in [-0.3, -0.25) is 14.2 Å². The second-order valence-electron chi connectivity index (χ2n) is 9.59. The number of alkyl halides is 3. The molecule has 0 spiro atoms. The number of hydrogen-bond donors (Lipinski definition) is 0. The van der Waals surface area contributed by atoms with E-state index in [1.54, 1.807) is 60.4 Å². The van der Waals surface area contributed by atoms with Crippen molar-refractivity contribution in [3.05, 3.63) is 118 Å². The van der Waals surface area contributed by atoms with Crippen molar-refractivity contribution in [3.8, 4) is 11.8 Å². The van der Waals surface area contributed by atoms with Gasteiger partial charge in [-0.05, 0) is 54.1 Å². The molecule has 0 radical (unpaired) electrons. The number of pyridine rings is 1. The van der Waals surface area contributed by atoms with Crippen molar-refractivity contribution in [2.45, 2.75) is 25.6 Å². The Hall–Kier alpha value is -5.31. The molecule has 0 bridgehead atoms. The first-order chi connectivity index (χ1) is 20.1. The number of imidazole rings is 1. The summed E-state index contributed by atoms with van der Waals surface area (Å²) in [7, 11) is 1.79. The van der Waals surface area contributed by atoms with Crippen LogP contribution in [0.25, 0.3) is 16.7 Å². The summed E-state index contributed by atoms with van der Waals surface area (Å²) in [6.07, 6.45) is 0.438. The molecule has 1 amide bonds. The monoisotopic (exact) mass is 571 g/mol. The molecule has 212 valence electrons. The van der Waals surface area contributed by atoms with Gasteiger partial charge in [-0.2, -0.15) is 18.4 Å². The maximum absolute atomic E-state index is 13.6. The van der Waals surface area contributed by atoms with E-state index in [9.17, 15) is 28.0 Å². The normalized spacial score (nSPS) is 11.4. The van der Waals surface area contributed by atoms with Gasteiger partial charge in [0.1, 0.15) is 11.6 Å². The van der Waals surface area contributed by atoms with Crippen LogP contribution in [0, 0.1) is 11.3 Å². The van der Waals surface area contributed by atoms with Gasteiger partial charge in [-0.25, -0.2) is 15.0 Å². The molecule has 42 heavy (non-hydrogen) atoms. The number of nitrogens with zero attached hydrogens (tertiary/aromatic N) is 7. The summed E-state index contributed by atoms with van der Waals surface area (Å²) in [6, 6.07) is 16.3. The lowest BCUT2D eigenvalue weighted by atomic mass is 10.1. The molecule has 3 aromatic heterocycles. The van der Waals surface area contributed by atoms with Crippen molar-refractivity contribution in [1.29, 1.82) is 5.26 Å². The van der Waals surface area contributed by atoms with Gasteiger partial charge >= 0.3 is 6.18 Å². The lowest BCUT2D eigenvalue weighted by Crippen LogP contribution is -2.36. The summed E-state index contributed by atoms with van der Waals surface area (Å²) in [5.41, 5.74) is 0.479. The lowest BCUT2D eigenvalue weighted by Gasteiger charge is -2.23. The zero-order valence-electron chi connectivity index (χ0n) is 22.4. The third-order valence-electron chi connectivity index (χ3n) is 6.82. The van der Waals surface area contributed by atoms with Crippen LogP contribution >= 0.6 is 0 Å². The van der Waals surface area contributed by atoms with Crippen molar-refractivity contribution >= 4 is 16.9 Å². The quantitative estimate of drug-likeness (QED) is 0.276. The number of aryl methyl sites for hydroxylation is 1. The van der Waals surface area contributed by atoms with E-state index in [0.717, 1.165) is 12.1 Å². The van der Waals surface area contributed by atoms with E-state index < -0.39 is 11.7 Å². The maximum Gasteiger partial charge on any atom is 0.416 e. The fourth-order valence-electron chi connectivity index (χ4n) is 4.53. The maximum atomic E-state index is 13.6. The first-order valence-electron chi connectivity index (χ1n) is 12.9. The fourth-order valence-corrected chi connectivity index (χ4v) is 4.53. The van der Waals surface area contributed by atoms with Crippen LogP contribution in [0.2, 0.25) is 0 Å². The minimum Gasteiger partial charge on any atom is -0.337 e. The third-order valence-corrected chi connectivity index (χ3v) is 6.82. The fraction of sp³-hybridized carbons (Fsp3) is 0.200. The van der Waals surface area contributed by atoms with Gasteiger partial charge in [0.15, 0.2) is 5.65 Å². The number of rotatable bonds is 8. The summed E-state index contributed by atoms with van der Waals surface area (Å²) in [5, 5.41) is 9.51. The Bertz CT molecular complexity index is 1840. The van der Waals surface area contributed by atoms with Crippen LogP contribution in [0.5, 0.6) is 0 Å². The minimum atomic E-state index is -4.47. The first kappa shape index (κ1) is 28.2. The SMILES string of the molecule is Cn1ccnc1CN(CCc1nc2ncccc2c(=O)n1-c1ccc(C#N)cc1)C(=O)Cc1ccc(C(F)(F)F)cc1. The van der Waals surface area contributed by atoms with E-state index in [2.05, 4.69) is 21.0 Å². The third kappa shape index (κ3) is 6.05. The molecule has 3 heterocycles. The van der Waals surface area contributed by atoms with Gasteiger partial charge in [0.2, 0.25) is 5.91 Å². The Kier molecular flexibility index (Phi) is 7.84. The minimum absolute atomic E-state index is 0.127. The molecular weight excluding hydrogens is 547 g/mol. The van der Waals surface area contributed by atoms with Crippen LogP contribution in [-0.2, 0) is 37.4 Å². The number of carbonyl (C=O) groups excluding carboxylic acids is 1. The highest BCUT2D eigenvalue weighted by Crippen LogP contribution is 2.29. The molecule has 12 heteroatoms. The summed E-state index contributed by atoms with van der Waals surface area (Å²) in [6.45, 7) is 0.267. The molecule has 0 N–H and O–H groups in total. The van der Waals surface area contributed by atoms with E-state index in [0.29, 0.717) is 33.8 Å². The highest BCUT2D eigenvalue weighted by atomic mass is 19.4. The second-order valence-corrected chi connectivity index (χ2v) is 9.59. The van der Waals surface area contributed by atoms with Crippen LogP contribution < -0.4 is 5.56 Å². The zero-order chi connectivity index (χ0) is 29.9. The van der Waals surface area contributed by atoms with Gasteiger partial charge in [0.05, 0.1) is 41.2 Å². The molecular formula is C30H24F3N7O2. The number of benzene rings is 2. The average Bonchev–Trinajstić information content (AvgIpc) is 3.39. The van der Waals surface area contributed by atoms with Crippen molar-refractivity contribution in [3.63, 3.8) is 0 Å². The smallest absolute Gasteiger partial charge is 0.337 e. The average molecular weight is 572 g/mol. The molecule has 0 aliphatic rings. The topological polar surface area (TPSA) is 110 Å². The Balaban J connectivity index is 1.47. The Morgan fingerprint density at radius 2 is 1.74 bits per heavy atom.